The molecular formula is C7H11NO2. The second-order valence-corrected chi connectivity index (χ2v) is 2.21. The molecule has 56 valence electrons. The molecule has 1 aliphatic heterocycles. The van der Waals surface area contributed by atoms with E-state index in [1.165, 1.54) is 11.1 Å². The Hall–Kier alpha value is -0.830. The Labute approximate surface area is 60.3 Å². The van der Waals surface area contributed by atoms with E-state index in [4.69, 9.17) is 4.74 Å². The molecule has 0 N–H and O–H groups in total. The molecule has 0 bridgehead atoms. The number of amides is 1. The molecule has 1 atom stereocenters. The first kappa shape index (κ1) is 7.28. The maximum absolute atomic E-state index is 10.9. The smallest absolute Gasteiger partial charge is 0.228 e. The van der Waals surface area contributed by atoms with Gasteiger partial charge in [0.15, 0.2) is 0 Å². The van der Waals surface area contributed by atoms with Crippen LogP contribution in [0.4, 0.5) is 0 Å². The number of carbonyl (C=O) groups excluding carboxylic acids is 1. The van der Waals surface area contributed by atoms with Crippen LogP contribution in [-0.2, 0) is 9.53 Å². The lowest BCUT2D eigenvalue weighted by atomic mass is 10.4. The fraction of sp³-hybridized carbons (Fsp3) is 0.571. The minimum atomic E-state index is -0.0787. The Morgan fingerprint density at radius 2 is 2.60 bits per heavy atom. The van der Waals surface area contributed by atoms with Gasteiger partial charge >= 0.3 is 0 Å². The topological polar surface area (TPSA) is 29.5 Å². The zero-order valence-electron chi connectivity index (χ0n) is 6.04. The second kappa shape index (κ2) is 2.84. The molecular weight excluding hydrogens is 130 g/mol. The summed E-state index contributed by atoms with van der Waals surface area (Å²) < 4.78 is 5.02. The quantitative estimate of drug-likeness (QED) is 0.567. The first-order valence-electron chi connectivity index (χ1n) is 3.26. The van der Waals surface area contributed by atoms with E-state index in [9.17, 15) is 4.79 Å². The van der Waals surface area contributed by atoms with Gasteiger partial charge in [0, 0.05) is 26.2 Å². The first-order chi connectivity index (χ1) is 4.79. The van der Waals surface area contributed by atoms with Gasteiger partial charge in [-0.05, 0) is 0 Å². The summed E-state index contributed by atoms with van der Waals surface area (Å²) >= 11 is 0. The van der Waals surface area contributed by atoms with Crippen molar-refractivity contribution in [3.63, 3.8) is 0 Å². The third-order valence-electron chi connectivity index (χ3n) is 1.67. The molecule has 1 rings (SSSR count). The third-order valence-corrected chi connectivity index (χ3v) is 1.67. The molecule has 0 radical (unpaired) electrons. The van der Waals surface area contributed by atoms with Crippen molar-refractivity contribution in [1.82, 2.24) is 4.90 Å². The van der Waals surface area contributed by atoms with Gasteiger partial charge in [0.05, 0.1) is 0 Å². The maximum Gasteiger partial charge on any atom is 0.228 e. The van der Waals surface area contributed by atoms with E-state index >= 15 is 0 Å². The molecule has 0 aromatic rings. The summed E-state index contributed by atoms with van der Waals surface area (Å²) in [7, 11) is 1.60. The molecule has 1 saturated heterocycles. The van der Waals surface area contributed by atoms with Gasteiger partial charge in [-0.3, -0.25) is 9.69 Å². The number of hydrogen-bond acceptors (Lipinski definition) is 2. The molecule has 1 heterocycles. The lowest BCUT2D eigenvalue weighted by Gasteiger charge is -2.17. The van der Waals surface area contributed by atoms with Gasteiger partial charge in [0.1, 0.15) is 6.23 Å². The first-order valence-corrected chi connectivity index (χ1v) is 3.26. The van der Waals surface area contributed by atoms with Gasteiger partial charge in [-0.1, -0.05) is 6.58 Å². The van der Waals surface area contributed by atoms with Gasteiger partial charge in [-0.15, -0.1) is 0 Å². The van der Waals surface area contributed by atoms with Gasteiger partial charge in [0.2, 0.25) is 5.91 Å². The summed E-state index contributed by atoms with van der Waals surface area (Å²) in [6.07, 6.45) is 2.79. The van der Waals surface area contributed by atoms with Crippen molar-refractivity contribution < 1.29 is 9.53 Å². The number of hydrogen-bond donors (Lipinski definition) is 0. The van der Waals surface area contributed by atoms with E-state index in [0.29, 0.717) is 6.42 Å². The summed E-state index contributed by atoms with van der Waals surface area (Å²) in [6, 6.07) is 0. The molecule has 1 amide bonds. The second-order valence-electron chi connectivity index (χ2n) is 2.21. The van der Waals surface area contributed by atoms with Crippen LogP contribution in [0.15, 0.2) is 12.8 Å². The molecule has 0 saturated carbocycles. The van der Waals surface area contributed by atoms with Crippen LogP contribution < -0.4 is 0 Å². The molecule has 10 heavy (non-hydrogen) atoms. The number of nitrogens with zero attached hydrogens (tertiary/aromatic N) is 1. The number of methoxy groups -OCH3 is 1. The fourth-order valence-corrected chi connectivity index (χ4v) is 1.13. The van der Waals surface area contributed by atoms with E-state index in [2.05, 4.69) is 6.58 Å². The van der Waals surface area contributed by atoms with E-state index in [-0.39, 0.29) is 12.1 Å². The summed E-state index contributed by atoms with van der Waals surface area (Å²) in [6.45, 7) is 3.52. The maximum atomic E-state index is 10.9. The van der Waals surface area contributed by atoms with Crippen LogP contribution in [0.3, 0.4) is 0 Å². The van der Waals surface area contributed by atoms with Crippen molar-refractivity contribution >= 4 is 5.91 Å². The largest absolute Gasteiger partial charge is 0.361 e. The van der Waals surface area contributed by atoms with E-state index in [0.717, 1.165) is 6.42 Å². The van der Waals surface area contributed by atoms with Crippen LogP contribution in [0, 0.1) is 0 Å². The van der Waals surface area contributed by atoms with E-state index < -0.39 is 0 Å². The molecule has 0 aliphatic carbocycles. The zero-order valence-corrected chi connectivity index (χ0v) is 6.04. The van der Waals surface area contributed by atoms with Gasteiger partial charge in [-0.2, -0.15) is 0 Å². The van der Waals surface area contributed by atoms with E-state index in [1.54, 1.807) is 7.11 Å². The molecule has 3 nitrogen and oxygen atoms in total. The lowest BCUT2D eigenvalue weighted by molar-refractivity contribution is -0.130. The monoisotopic (exact) mass is 141 g/mol. The number of ether oxygens (including phenoxy) is 1. The van der Waals surface area contributed by atoms with Crippen molar-refractivity contribution in [2.24, 2.45) is 0 Å². The highest BCUT2D eigenvalue weighted by molar-refractivity contribution is 5.79. The van der Waals surface area contributed by atoms with Crippen LogP contribution in [0.2, 0.25) is 0 Å². The summed E-state index contributed by atoms with van der Waals surface area (Å²) in [5, 5.41) is 0. The summed E-state index contributed by atoms with van der Waals surface area (Å²) in [5.74, 6) is 0.0989. The van der Waals surface area contributed by atoms with Crippen molar-refractivity contribution in [3.05, 3.63) is 12.8 Å². The Bertz CT molecular complexity index is 156. The van der Waals surface area contributed by atoms with Crippen LogP contribution in [-0.4, -0.2) is 24.1 Å². The SMILES string of the molecule is C=CN1C(=O)CCC1OC. The number of likely N-dealkylation sites (tertiary alicyclic amines) is 1. The van der Waals surface area contributed by atoms with Crippen molar-refractivity contribution in [1.29, 1.82) is 0 Å². The van der Waals surface area contributed by atoms with Crippen LogP contribution >= 0.6 is 0 Å². The predicted octanol–water partition coefficient (Wildman–Crippen LogP) is 0.725. The molecule has 0 aromatic carbocycles. The fourth-order valence-electron chi connectivity index (χ4n) is 1.13. The number of carbonyl (C=O) groups is 1. The van der Waals surface area contributed by atoms with Gasteiger partial charge < -0.3 is 4.74 Å². The standard InChI is InChI=1S/C7H11NO2/c1-3-8-6(9)4-5-7(8)10-2/h3,7H,1,4-5H2,2H3. The highest BCUT2D eigenvalue weighted by Gasteiger charge is 2.28. The minimum Gasteiger partial charge on any atom is -0.361 e. The normalized spacial score (nSPS) is 25.5. The number of rotatable bonds is 2. The van der Waals surface area contributed by atoms with Gasteiger partial charge in [-0.25, -0.2) is 0 Å². The molecule has 0 spiro atoms. The molecule has 3 heteroatoms. The third kappa shape index (κ3) is 1.04. The van der Waals surface area contributed by atoms with Crippen LogP contribution in [0.1, 0.15) is 12.8 Å². The Balaban J connectivity index is 2.62. The van der Waals surface area contributed by atoms with Crippen LogP contribution in [0.5, 0.6) is 0 Å². The molecule has 1 aliphatic rings. The Morgan fingerprint density at radius 1 is 1.90 bits per heavy atom. The summed E-state index contributed by atoms with van der Waals surface area (Å²) in [4.78, 5) is 12.5. The zero-order chi connectivity index (χ0) is 7.56. The van der Waals surface area contributed by atoms with Crippen molar-refractivity contribution in [3.8, 4) is 0 Å². The molecule has 1 fully saturated rings. The molecule has 1 unspecified atom stereocenters. The van der Waals surface area contributed by atoms with E-state index in [1.807, 2.05) is 0 Å². The predicted molar refractivity (Wildman–Crippen MR) is 37.1 cm³/mol. The summed E-state index contributed by atoms with van der Waals surface area (Å²) in [5.41, 5.74) is 0. The lowest BCUT2D eigenvalue weighted by Crippen LogP contribution is -2.28. The highest BCUT2D eigenvalue weighted by atomic mass is 16.5. The average molecular weight is 141 g/mol. The molecule has 0 aromatic heterocycles. The van der Waals surface area contributed by atoms with Crippen molar-refractivity contribution in [2.45, 2.75) is 19.1 Å². The average Bonchev–Trinajstić information content (AvgIpc) is 2.30. The van der Waals surface area contributed by atoms with Gasteiger partial charge in [0.25, 0.3) is 0 Å². The Kier molecular flexibility index (Phi) is 2.06. The highest BCUT2D eigenvalue weighted by Crippen LogP contribution is 2.18. The minimum absolute atomic E-state index is 0.0787. The Morgan fingerprint density at radius 3 is 3.00 bits per heavy atom. The van der Waals surface area contributed by atoms with Crippen LogP contribution in [0.25, 0.3) is 0 Å². The van der Waals surface area contributed by atoms with Crippen molar-refractivity contribution in [2.75, 3.05) is 7.11 Å².